The van der Waals surface area contributed by atoms with Crippen molar-refractivity contribution in [2.24, 2.45) is 0 Å². The molecule has 0 heterocycles. The Balaban J connectivity index is 2.06. The highest BCUT2D eigenvalue weighted by atomic mass is 19.4. The predicted octanol–water partition coefficient (Wildman–Crippen LogP) is 4.25. The summed E-state index contributed by atoms with van der Waals surface area (Å²) < 4.78 is 56.5. The van der Waals surface area contributed by atoms with Gasteiger partial charge < -0.3 is 10.1 Å². The van der Waals surface area contributed by atoms with Gasteiger partial charge in [0.15, 0.2) is 17.7 Å². The van der Waals surface area contributed by atoms with Crippen LogP contribution in [0.1, 0.15) is 12.5 Å². The second-order valence-corrected chi connectivity index (χ2v) is 4.76. The molecule has 0 spiro atoms. The summed E-state index contributed by atoms with van der Waals surface area (Å²) in [4.78, 5) is 11.9. The van der Waals surface area contributed by atoms with Gasteiger partial charge >= 0.3 is 6.18 Å². The number of alkyl halides is 3. The molecule has 0 aliphatic rings. The van der Waals surface area contributed by atoms with E-state index in [4.69, 9.17) is 4.74 Å². The molecule has 2 aromatic carbocycles. The zero-order valence-electron chi connectivity index (χ0n) is 12.0. The van der Waals surface area contributed by atoms with Crippen LogP contribution in [0.25, 0.3) is 0 Å². The summed E-state index contributed by atoms with van der Waals surface area (Å²) in [5.41, 5.74) is -0.896. The maximum absolute atomic E-state index is 13.4. The third-order valence-electron chi connectivity index (χ3n) is 2.97. The number of hydrogen-bond acceptors (Lipinski definition) is 2. The Morgan fingerprint density at radius 2 is 1.83 bits per heavy atom. The molecule has 0 fully saturated rings. The van der Waals surface area contributed by atoms with E-state index in [1.54, 1.807) is 0 Å². The lowest BCUT2D eigenvalue weighted by Crippen LogP contribution is -2.30. The third kappa shape index (κ3) is 4.45. The van der Waals surface area contributed by atoms with Crippen molar-refractivity contribution in [1.29, 1.82) is 0 Å². The number of amides is 1. The van der Waals surface area contributed by atoms with Crippen molar-refractivity contribution in [3.05, 3.63) is 59.9 Å². The van der Waals surface area contributed by atoms with E-state index in [0.717, 1.165) is 12.1 Å². The smallest absolute Gasteiger partial charge is 0.416 e. The molecule has 1 N–H and O–H groups in total. The minimum Gasteiger partial charge on any atom is -0.478 e. The first-order valence-corrected chi connectivity index (χ1v) is 6.66. The molecule has 0 aliphatic carbocycles. The fraction of sp³-hybridized carbons (Fsp3) is 0.188. The molecule has 0 radical (unpaired) electrons. The quantitative estimate of drug-likeness (QED) is 0.853. The molecule has 3 nitrogen and oxygen atoms in total. The van der Waals surface area contributed by atoms with Crippen LogP contribution in [-0.2, 0) is 11.0 Å². The Morgan fingerprint density at radius 1 is 1.13 bits per heavy atom. The summed E-state index contributed by atoms with van der Waals surface area (Å²) in [5.74, 6) is -1.43. The molecule has 122 valence electrons. The van der Waals surface area contributed by atoms with Gasteiger partial charge in [-0.05, 0) is 37.3 Å². The zero-order valence-corrected chi connectivity index (χ0v) is 12.0. The standard InChI is InChI=1S/C16H13F4NO2/c1-10(23-14-8-3-2-7-13(14)17)15(22)21-12-6-4-5-11(9-12)16(18,19)20/h2-10H,1H3,(H,21,22)/t10-/m1/s1. The number of hydrogen-bond donors (Lipinski definition) is 1. The fourth-order valence-electron chi connectivity index (χ4n) is 1.80. The van der Waals surface area contributed by atoms with Crippen LogP contribution in [0.3, 0.4) is 0 Å². The molecule has 0 unspecified atom stereocenters. The first-order chi connectivity index (χ1) is 10.8. The Hall–Kier alpha value is -2.57. The van der Waals surface area contributed by atoms with Crippen molar-refractivity contribution < 1.29 is 27.1 Å². The van der Waals surface area contributed by atoms with Gasteiger partial charge in [0, 0.05) is 5.69 Å². The van der Waals surface area contributed by atoms with Crippen molar-refractivity contribution >= 4 is 11.6 Å². The second-order valence-electron chi connectivity index (χ2n) is 4.76. The molecule has 0 aromatic heterocycles. The van der Waals surface area contributed by atoms with Gasteiger partial charge in [0.05, 0.1) is 5.56 Å². The Kier molecular flexibility index (Phi) is 4.88. The summed E-state index contributed by atoms with van der Waals surface area (Å²) in [5, 5.41) is 2.31. The van der Waals surface area contributed by atoms with Crippen molar-refractivity contribution in [2.75, 3.05) is 5.32 Å². The minimum absolute atomic E-state index is 0.0196. The highest BCUT2D eigenvalue weighted by Crippen LogP contribution is 2.30. The molecule has 1 amide bonds. The average molecular weight is 327 g/mol. The number of para-hydroxylation sites is 1. The maximum Gasteiger partial charge on any atom is 0.416 e. The number of benzene rings is 2. The SMILES string of the molecule is C[C@@H](Oc1ccccc1F)C(=O)Nc1cccc(C(F)(F)F)c1. The van der Waals surface area contributed by atoms with Crippen molar-refractivity contribution in [3.8, 4) is 5.75 Å². The van der Waals surface area contributed by atoms with E-state index in [9.17, 15) is 22.4 Å². The van der Waals surface area contributed by atoms with Crippen LogP contribution in [0.5, 0.6) is 5.75 Å². The van der Waals surface area contributed by atoms with Crippen LogP contribution < -0.4 is 10.1 Å². The lowest BCUT2D eigenvalue weighted by Gasteiger charge is -2.16. The van der Waals surface area contributed by atoms with Crippen LogP contribution in [0.2, 0.25) is 0 Å². The highest BCUT2D eigenvalue weighted by Gasteiger charge is 2.30. The third-order valence-corrected chi connectivity index (χ3v) is 2.97. The number of halogens is 4. The number of carbonyl (C=O) groups is 1. The van der Waals surface area contributed by atoms with Gasteiger partial charge in [0.25, 0.3) is 5.91 Å². The molecule has 0 saturated heterocycles. The maximum atomic E-state index is 13.4. The van der Waals surface area contributed by atoms with Gasteiger partial charge in [-0.25, -0.2) is 4.39 Å². The monoisotopic (exact) mass is 327 g/mol. The molecule has 2 aromatic rings. The summed E-state index contributed by atoms with van der Waals surface area (Å²) in [6.45, 7) is 1.37. The molecule has 2 rings (SSSR count). The Labute approximate surface area is 129 Å². The van der Waals surface area contributed by atoms with E-state index in [0.29, 0.717) is 0 Å². The summed E-state index contributed by atoms with van der Waals surface area (Å²) in [6, 6.07) is 9.74. The summed E-state index contributed by atoms with van der Waals surface area (Å²) in [6.07, 6.45) is -5.59. The molecule has 0 aliphatic heterocycles. The van der Waals surface area contributed by atoms with Gasteiger partial charge in [-0.2, -0.15) is 13.2 Å². The number of anilines is 1. The van der Waals surface area contributed by atoms with E-state index >= 15 is 0 Å². The van der Waals surface area contributed by atoms with Crippen LogP contribution in [0.4, 0.5) is 23.2 Å². The van der Waals surface area contributed by atoms with Crippen molar-refractivity contribution in [3.63, 3.8) is 0 Å². The normalized spacial score (nSPS) is 12.6. The van der Waals surface area contributed by atoms with Crippen LogP contribution in [0, 0.1) is 5.82 Å². The molecule has 0 bridgehead atoms. The number of ether oxygens (including phenoxy) is 1. The van der Waals surface area contributed by atoms with E-state index in [1.165, 1.54) is 43.3 Å². The minimum atomic E-state index is -4.50. The molecular formula is C16H13F4NO2. The van der Waals surface area contributed by atoms with Crippen molar-refractivity contribution in [2.45, 2.75) is 19.2 Å². The van der Waals surface area contributed by atoms with E-state index < -0.39 is 29.6 Å². The van der Waals surface area contributed by atoms with Crippen LogP contribution >= 0.6 is 0 Å². The fourth-order valence-corrected chi connectivity index (χ4v) is 1.80. The highest BCUT2D eigenvalue weighted by molar-refractivity contribution is 5.94. The van der Waals surface area contributed by atoms with Gasteiger partial charge in [-0.1, -0.05) is 18.2 Å². The van der Waals surface area contributed by atoms with E-state index in [1.807, 2.05) is 0 Å². The Morgan fingerprint density at radius 3 is 2.48 bits per heavy atom. The average Bonchev–Trinajstić information content (AvgIpc) is 2.49. The van der Waals surface area contributed by atoms with Gasteiger partial charge in [-0.3, -0.25) is 4.79 Å². The van der Waals surface area contributed by atoms with Gasteiger partial charge in [0.2, 0.25) is 0 Å². The molecule has 1 atom stereocenters. The number of rotatable bonds is 4. The first kappa shape index (κ1) is 16.8. The van der Waals surface area contributed by atoms with Gasteiger partial charge in [-0.15, -0.1) is 0 Å². The number of carbonyl (C=O) groups excluding carboxylic acids is 1. The summed E-state index contributed by atoms with van der Waals surface area (Å²) >= 11 is 0. The van der Waals surface area contributed by atoms with Crippen molar-refractivity contribution in [1.82, 2.24) is 0 Å². The molecular weight excluding hydrogens is 314 g/mol. The lowest BCUT2D eigenvalue weighted by atomic mass is 10.2. The second kappa shape index (κ2) is 6.68. The Bertz CT molecular complexity index is 700. The largest absolute Gasteiger partial charge is 0.478 e. The topological polar surface area (TPSA) is 38.3 Å². The summed E-state index contributed by atoms with van der Waals surface area (Å²) in [7, 11) is 0. The molecule has 7 heteroatoms. The molecule has 23 heavy (non-hydrogen) atoms. The first-order valence-electron chi connectivity index (χ1n) is 6.66. The molecule has 0 saturated carbocycles. The zero-order chi connectivity index (χ0) is 17.0. The number of nitrogens with one attached hydrogen (secondary N) is 1. The van der Waals surface area contributed by atoms with E-state index in [-0.39, 0.29) is 11.4 Å². The lowest BCUT2D eigenvalue weighted by molar-refractivity contribution is -0.137. The van der Waals surface area contributed by atoms with Gasteiger partial charge in [0.1, 0.15) is 0 Å². The van der Waals surface area contributed by atoms with E-state index in [2.05, 4.69) is 5.32 Å². The van der Waals surface area contributed by atoms with Crippen LogP contribution in [-0.4, -0.2) is 12.0 Å². The predicted molar refractivity (Wildman–Crippen MR) is 76.6 cm³/mol. The van der Waals surface area contributed by atoms with Crippen LogP contribution in [0.15, 0.2) is 48.5 Å².